The number of sulfonamides is 1. The summed E-state index contributed by atoms with van der Waals surface area (Å²) in [6.45, 7) is -1.85. The van der Waals surface area contributed by atoms with E-state index in [1.807, 2.05) is 0 Å². The summed E-state index contributed by atoms with van der Waals surface area (Å²) in [7, 11) is -2.62. The summed E-state index contributed by atoms with van der Waals surface area (Å²) in [5.74, 6) is 0.460. The number of hydrogen-bond donors (Lipinski definition) is 1. The van der Waals surface area contributed by atoms with Crippen LogP contribution in [0, 0.1) is 0 Å². The molecule has 1 N–H and O–H groups in total. The summed E-state index contributed by atoms with van der Waals surface area (Å²) < 4.78 is 54.4. The highest BCUT2D eigenvalue weighted by Gasteiger charge is 2.26. The van der Waals surface area contributed by atoms with Crippen LogP contribution in [0.1, 0.15) is 0 Å². The Morgan fingerprint density at radius 1 is 1.32 bits per heavy atom. The molecule has 1 rings (SSSR count). The van der Waals surface area contributed by atoms with Gasteiger partial charge < -0.3 is 9.84 Å². The van der Waals surface area contributed by atoms with Crippen molar-refractivity contribution in [3.63, 3.8) is 0 Å². The van der Waals surface area contributed by atoms with E-state index in [4.69, 9.17) is 9.84 Å². The summed E-state index contributed by atoms with van der Waals surface area (Å²) in [6, 6.07) is 5.38. The Balaban J connectivity index is 3.03. The molecule has 1 aromatic carbocycles. The van der Waals surface area contributed by atoms with Gasteiger partial charge in [-0.05, 0) is 24.3 Å². The Morgan fingerprint density at radius 3 is 2.32 bits per heavy atom. The van der Waals surface area contributed by atoms with E-state index in [1.54, 1.807) is 0 Å². The molecule has 5 nitrogen and oxygen atoms in total. The second-order valence-electron chi connectivity index (χ2n) is 3.65. The van der Waals surface area contributed by atoms with Crippen LogP contribution >= 0.6 is 0 Å². The maximum atomic E-state index is 12.4. The lowest BCUT2D eigenvalue weighted by atomic mass is 10.3. The Morgan fingerprint density at radius 2 is 1.89 bits per heavy atom. The van der Waals surface area contributed by atoms with Crippen molar-refractivity contribution < 1.29 is 27.0 Å². The van der Waals surface area contributed by atoms with Crippen molar-refractivity contribution in [2.24, 2.45) is 0 Å². The fourth-order valence-electron chi connectivity index (χ4n) is 1.47. The molecule has 0 saturated heterocycles. The largest absolute Gasteiger partial charge is 0.497 e. The molecule has 0 atom stereocenters. The molecular weight excluding hydrogens is 280 g/mol. The number of nitrogens with zero attached hydrogens (tertiary/aromatic N) is 1. The molecule has 0 amide bonds. The lowest BCUT2D eigenvalue weighted by molar-refractivity contribution is 0.113. The van der Waals surface area contributed by atoms with E-state index in [2.05, 4.69) is 0 Å². The van der Waals surface area contributed by atoms with Gasteiger partial charge in [-0.25, -0.2) is 17.2 Å². The highest BCUT2D eigenvalue weighted by Crippen LogP contribution is 2.20. The van der Waals surface area contributed by atoms with Gasteiger partial charge in [-0.1, -0.05) is 0 Å². The number of methoxy groups -OCH3 is 1. The minimum absolute atomic E-state index is 0.123. The maximum Gasteiger partial charge on any atom is 0.252 e. The van der Waals surface area contributed by atoms with Crippen LogP contribution in [0.3, 0.4) is 0 Å². The monoisotopic (exact) mass is 295 g/mol. The van der Waals surface area contributed by atoms with Gasteiger partial charge in [-0.3, -0.25) is 0 Å². The van der Waals surface area contributed by atoms with E-state index in [9.17, 15) is 17.2 Å². The van der Waals surface area contributed by atoms with Gasteiger partial charge >= 0.3 is 0 Å². The van der Waals surface area contributed by atoms with E-state index < -0.39 is 29.6 Å². The van der Waals surface area contributed by atoms with E-state index >= 15 is 0 Å². The third-order valence-corrected chi connectivity index (χ3v) is 4.27. The van der Waals surface area contributed by atoms with Gasteiger partial charge in [0.2, 0.25) is 10.0 Å². The first-order valence-corrected chi connectivity index (χ1v) is 6.89. The van der Waals surface area contributed by atoms with Crippen LogP contribution in [0.5, 0.6) is 5.75 Å². The van der Waals surface area contributed by atoms with Crippen molar-refractivity contribution in [1.29, 1.82) is 0 Å². The molecule has 0 bridgehead atoms. The predicted molar refractivity (Wildman–Crippen MR) is 64.8 cm³/mol. The molecule has 0 aliphatic carbocycles. The second-order valence-corrected chi connectivity index (χ2v) is 5.59. The fourth-order valence-corrected chi connectivity index (χ4v) is 2.88. The molecule has 0 unspecified atom stereocenters. The molecule has 108 valence electrons. The van der Waals surface area contributed by atoms with Crippen LogP contribution in [0.15, 0.2) is 29.2 Å². The first-order valence-electron chi connectivity index (χ1n) is 5.45. The van der Waals surface area contributed by atoms with Gasteiger partial charge in [0.1, 0.15) is 5.75 Å². The molecule has 0 heterocycles. The molecule has 19 heavy (non-hydrogen) atoms. The van der Waals surface area contributed by atoms with Crippen molar-refractivity contribution in [2.75, 3.05) is 26.8 Å². The number of aliphatic hydroxyl groups excluding tert-OH is 1. The van der Waals surface area contributed by atoms with Crippen LogP contribution in [0.2, 0.25) is 0 Å². The van der Waals surface area contributed by atoms with E-state index in [0.717, 1.165) is 0 Å². The maximum absolute atomic E-state index is 12.4. The van der Waals surface area contributed by atoms with Gasteiger partial charge in [0, 0.05) is 6.54 Å². The number of alkyl halides is 2. The van der Waals surface area contributed by atoms with Gasteiger partial charge in [0.25, 0.3) is 6.43 Å². The molecule has 0 aliphatic rings. The zero-order valence-corrected chi connectivity index (χ0v) is 11.1. The predicted octanol–water partition coefficient (Wildman–Crippen LogP) is 0.943. The Kier molecular flexibility index (Phi) is 5.64. The number of aliphatic hydroxyl groups is 1. The third kappa shape index (κ3) is 4.12. The lowest BCUT2D eigenvalue weighted by Crippen LogP contribution is -2.37. The van der Waals surface area contributed by atoms with Crippen LogP contribution in [-0.4, -0.2) is 51.1 Å². The summed E-state index contributed by atoms with van der Waals surface area (Å²) in [5, 5.41) is 8.77. The third-order valence-electron chi connectivity index (χ3n) is 2.39. The lowest BCUT2D eigenvalue weighted by Gasteiger charge is -2.20. The first-order chi connectivity index (χ1) is 8.91. The van der Waals surface area contributed by atoms with E-state index in [-0.39, 0.29) is 11.4 Å². The zero-order valence-electron chi connectivity index (χ0n) is 10.3. The van der Waals surface area contributed by atoms with Crippen LogP contribution in [-0.2, 0) is 10.0 Å². The van der Waals surface area contributed by atoms with Crippen molar-refractivity contribution in [2.45, 2.75) is 11.3 Å². The normalized spacial score (nSPS) is 12.1. The number of hydrogen-bond acceptors (Lipinski definition) is 4. The Hall–Kier alpha value is -1.25. The molecule has 0 saturated carbocycles. The van der Waals surface area contributed by atoms with Crippen LogP contribution in [0.25, 0.3) is 0 Å². The molecule has 0 aromatic heterocycles. The number of rotatable bonds is 7. The number of halogens is 2. The summed E-state index contributed by atoms with van der Waals surface area (Å²) in [4.78, 5) is -0.123. The fraction of sp³-hybridized carbons (Fsp3) is 0.455. The van der Waals surface area contributed by atoms with Crippen molar-refractivity contribution in [3.05, 3.63) is 24.3 Å². The summed E-state index contributed by atoms with van der Waals surface area (Å²) in [6.07, 6.45) is -2.81. The van der Waals surface area contributed by atoms with Gasteiger partial charge in [-0.2, -0.15) is 4.31 Å². The highest BCUT2D eigenvalue weighted by atomic mass is 32.2. The minimum atomic E-state index is -4.05. The number of ether oxygens (including phenoxy) is 1. The smallest absolute Gasteiger partial charge is 0.252 e. The average Bonchev–Trinajstić information content (AvgIpc) is 2.38. The molecular formula is C11H15F2NO4S. The van der Waals surface area contributed by atoms with E-state index in [0.29, 0.717) is 10.1 Å². The molecule has 0 aliphatic heterocycles. The van der Waals surface area contributed by atoms with Gasteiger partial charge in [0.15, 0.2) is 0 Å². The Labute approximate surface area is 110 Å². The van der Waals surface area contributed by atoms with E-state index in [1.165, 1.54) is 31.4 Å². The zero-order chi connectivity index (χ0) is 14.5. The standard InChI is InChI=1S/C11H15F2NO4S/c1-18-9-2-4-10(5-3-9)19(16,17)14(6-7-15)8-11(12)13/h2-5,11,15H,6-8H2,1H3. The summed E-state index contributed by atoms with van der Waals surface area (Å²) in [5.41, 5.74) is 0. The molecule has 8 heteroatoms. The molecule has 0 radical (unpaired) electrons. The SMILES string of the molecule is COc1ccc(S(=O)(=O)N(CCO)CC(F)F)cc1. The first kappa shape index (κ1) is 15.8. The Bertz CT molecular complexity index is 490. The summed E-state index contributed by atoms with van der Waals surface area (Å²) >= 11 is 0. The number of benzene rings is 1. The average molecular weight is 295 g/mol. The second kappa shape index (κ2) is 6.78. The van der Waals surface area contributed by atoms with Crippen LogP contribution < -0.4 is 4.74 Å². The molecule has 1 aromatic rings. The highest BCUT2D eigenvalue weighted by molar-refractivity contribution is 7.89. The quantitative estimate of drug-likeness (QED) is 0.813. The van der Waals surface area contributed by atoms with Crippen molar-refractivity contribution in [3.8, 4) is 5.75 Å². The van der Waals surface area contributed by atoms with Gasteiger partial charge in [-0.15, -0.1) is 0 Å². The van der Waals surface area contributed by atoms with Crippen LogP contribution in [0.4, 0.5) is 8.78 Å². The molecule has 0 fully saturated rings. The topological polar surface area (TPSA) is 66.8 Å². The van der Waals surface area contributed by atoms with Crippen molar-refractivity contribution in [1.82, 2.24) is 4.31 Å². The molecule has 0 spiro atoms. The van der Waals surface area contributed by atoms with Crippen molar-refractivity contribution >= 4 is 10.0 Å². The van der Waals surface area contributed by atoms with Gasteiger partial charge in [0.05, 0.1) is 25.2 Å². The minimum Gasteiger partial charge on any atom is -0.497 e.